The number of halogens is 1. The van der Waals surface area contributed by atoms with E-state index in [9.17, 15) is 4.39 Å². The average Bonchev–Trinajstić information content (AvgIpc) is 2.57. The summed E-state index contributed by atoms with van der Waals surface area (Å²) in [6.45, 7) is 0. The summed E-state index contributed by atoms with van der Waals surface area (Å²) in [5.74, 6) is 0.314. The third-order valence-corrected chi connectivity index (χ3v) is 2.08. The molecule has 0 N–H and O–H groups in total. The first kappa shape index (κ1) is 9.00. The molecule has 68 valence electrons. The van der Waals surface area contributed by atoms with Gasteiger partial charge in [0.25, 0.3) is 0 Å². The Bertz CT molecular complexity index is 465. The molecule has 0 atom stereocenters. The Balaban J connectivity index is 2.53. The van der Waals surface area contributed by atoms with Crippen molar-refractivity contribution in [2.75, 3.05) is 0 Å². The molecular formula is C10H8BFN2. The number of hydrogen-bond acceptors (Lipinski definition) is 1. The van der Waals surface area contributed by atoms with Crippen LogP contribution in [0.5, 0.6) is 0 Å². The van der Waals surface area contributed by atoms with Gasteiger partial charge in [0.15, 0.2) is 0 Å². The molecule has 0 fully saturated rings. The number of aromatic nitrogens is 2. The van der Waals surface area contributed by atoms with Gasteiger partial charge in [-0.05, 0) is 6.07 Å². The zero-order valence-corrected chi connectivity index (χ0v) is 7.74. The second-order valence-corrected chi connectivity index (χ2v) is 3.10. The number of hydrogen-bond donors (Lipinski definition) is 0. The van der Waals surface area contributed by atoms with E-state index in [0.29, 0.717) is 0 Å². The smallest absolute Gasteiger partial charge is 0.139 e. The summed E-state index contributed by atoms with van der Waals surface area (Å²) in [6, 6.07) is 4.68. The molecule has 0 unspecified atom stereocenters. The Morgan fingerprint density at radius 3 is 2.79 bits per heavy atom. The van der Waals surface area contributed by atoms with Gasteiger partial charge in [0, 0.05) is 25.0 Å². The van der Waals surface area contributed by atoms with Crippen LogP contribution in [0.4, 0.5) is 4.39 Å². The minimum Gasteiger partial charge on any atom is -0.334 e. The lowest BCUT2D eigenvalue weighted by molar-refractivity contribution is 0.636. The van der Waals surface area contributed by atoms with E-state index in [0.717, 1.165) is 11.4 Å². The topological polar surface area (TPSA) is 17.8 Å². The molecule has 4 heteroatoms. The molecule has 0 aliphatic rings. The van der Waals surface area contributed by atoms with E-state index in [1.165, 1.54) is 6.07 Å². The Morgan fingerprint density at radius 2 is 2.21 bits per heavy atom. The minimum absolute atomic E-state index is 0.156. The molecule has 2 aromatic rings. The first-order chi connectivity index (χ1) is 6.68. The molecule has 1 aromatic heterocycles. The van der Waals surface area contributed by atoms with Gasteiger partial charge in [0.1, 0.15) is 19.5 Å². The quantitative estimate of drug-likeness (QED) is 0.608. The van der Waals surface area contributed by atoms with Crippen molar-refractivity contribution in [3.8, 4) is 11.4 Å². The van der Waals surface area contributed by atoms with E-state index < -0.39 is 5.82 Å². The predicted octanol–water partition coefficient (Wildman–Crippen LogP) is 1.02. The van der Waals surface area contributed by atoms with Crippen LogP contribution >= 0.6 is 0 Å². The van der Waals surface area contributed by atoms with Crippen molar-refractivity contribution in [2.24, 2.45) is 7.05 Å². The summed E-state index contributed by atoms with van der Waals surface area (Å²) in [7, 11) is 7.24. The van der Waals surface area contributed by atoms with Gasteiger partial charge < -0.3 is 4.57 Å². The first-order valence-electron chi connectivity index (χ1n) is 4.21. The van der Waals surface area contributed by atoms with Crippen molar-refractivity contribution < 1.29 is 4.39 Å². The van der Waals surface area contributed by atoms with Gasteiger partial charge in [0.05, 0.1) is 0 Å². The maximum absolute atomic E-state index is 13.1. The molecule has 2 nitrogen and oxygen atoms in total. The highest BCUT2D eigenvalue weighted by Crippen LogP contribution is 2.15. The summed E-state index contributed by atoms with van der Waals surface area (Å²) in [4.78, 5) is 4.11. The third-order valence-electron chi connectivity index (χ3n) is 2.08. The summed E-state index contributed by atoms with van der Waals surface area (Å²) in [5, 5.41) is 0. The summed E-state index contributed by atoms with van der Waals surface area (Å²) in [5.41, 5.74) is 0.882. The van der Waals surface area contributed by atoms with Gasteiger partial charge in [-0.3, -0.25) is 0 Å². The maximum Gasteiger partial charge on any atom is 0.139 e. The maximum atomic E-state index is 13.1. The lowest BCUT2D eigenvalue weighted by Crippen LogP contribution is -2.07. The fourth-order valence-corrected chi connectivity index (χ4v) is 1.31. The van der Waals surface area contributed by atoms with Crippen LogP contribution in [0.25, 0.3) is 11.4 Å². The highest BCUT2D eigenvalue weighted by atomic mass is 19.1. The van der Waals surface area contributed by atoms with Crippen molar-refractivity contribution in [2.45, 2.75) is 0 Å². The van der Waals surface area contributed by atoms with Crippen molar-refractivity contribution in [3.05, 3.63) is 36.4 Å². The van der Waals surface area contributed by atoms with Gasteiger partial charge in [-0.25, -0.2) is 9.37 Å². The Hall–Kier alpha value is -1.58. The molecule has 0 bridgehead atoms. The molecular weight excluding hydrogens is 178 g/mol. The predicted molar refractivity (Wildman–Crippen MR) is 54.0 cm³/mol. The van der Waals surface area contributed by atoms with Crippen LogP contribution in [0.1, 0.15) is 0 Å². The highest BCUT2D eigenvalue weighted by Gasteiger charge is 2.05. The van der Waals surface area contributed by atoms with Crippen molar-refractivity contribution in [1.29, 1.82) is 0 Å². The van der Waals surface area contributed by atoms with Crippen LogP contribution in [-0.4, -0.2) is 17.4 Å². The van der Waals surface area contributed by atoms with E-state index in [-0.39, 0.29) is 5.46 Å². The lowest BCUT2D eigenvalue weighted by atomic mass is 9.94. The van der Waals surface area contributed by atoms with E-state index >= 15 is 0 Å². The number of benzene rings is 1. The van der Waals surface area contributed by atoms with Crippen LogP contribution in [0.3, 0.4) is 0 Å². The molecule has 1 aromatic carbocycles. The second-order valence-electron chi connectivity index (χ2n) is 3.10. The summed E-state index contributed by atoms with van der Waals surface area (Å²) < 4.78 is 15.0. The SMILES string of the molecule is [B]c1ccc(-c2nccn2C)cc1F. The molecule has 2 rings (SSSR count). The molecule has 14 heavy (non-hydrogen) atoms. The number of imidazole rings is 1. The number of rotatable bonds is 1. The second kappa shape index (κ2) is 3.29. The Kier molecular flexibility index (Phi) is 2.12. The molecule has 0 amide bonds. The van der Waals surface area contributed by atoms with Crippen molar-refractivity contribution in [1.82, 2.24) is 9.55 Å². The normalized spacial score (nSPS) is 10.4. The Labute approximate surface area is 82.8 Å². The van der Waals surface area contributed by atoms with Crippen molar-refractivity contribution >= 4 is 13.3 Å². The van der Waals surface area contributed by atoms with E-state index in [4.69, 9.17) is 7.85 Å². The third kappa shape index (κ3) is 1.43. The molecule has 0 saturated heterocycles. The van der Waals surface area contributed by atoms with Gasteiger partial charge in [-0.2, -0.15) is 0 Å². The Morgan fingerprint density at radius 1 is 1.43 bits per heavy atom. The minimum atomic E-state index is -0.412. The fourth-order valence-electron chi connectivity index (χ4n) is 1.31. The van der Waals surface area contributed by atoms with Crippen LogP contribution in [0.15, 0.2) is 30.6 Å². The molecule has 1 heterocycles. The van der Waals surface area contributed by atoms with E-state index in [2.05, 4.69) is 4.98 Å². The largest absolute Gasteiger partial charge is 0.334 e. The van der Waals surface area contributed by atoms with Gasteiger partial charge >= 0.3 is 0 Å². The van der Waals surface area contributed by atoms with Gasteiger partial charge in [-0.15, -0.1) is 0 Å². The van der Waals surface area contributed by atoms with Crippen LogP contribution in [-0.2, 0) is 7.05 Å². The summed E-state index contributed by atoms with van der Waals surface area (Å²) >= 11 is 0. The molecule has 0 spiro atoms. The van der Waals surface area contributed by atoms with Gasteiger partial charge in [-0.1, -0.05) is 17.6 Å². The first-order valence-corrected chi connectivity index (χ1v) is 4.21. The standard InChI is InChI=1S/C10H8BFN2/c1-14-5-4-13-10(14)7-2-3-8(11)9(12)6-7/h2-6H,1H3. The van der Waals surface area contributed by atoms with Crippen LogP contribution < -0.4 is 5.46 Å². The lowest BCUT2D eigenvalue weighted by Gasteiger charge is -2.03. The molecule has 0 aliphatic heterocycles. The van der Waals surface area contributed by atoms with E-state index in [1.807, 2.05) is 17.8 Å². The molecule has 0 aliphatic carbocycles. The number of aryl methyl sites for hydroxylation is 1. The fraction of sp³-hybridized carbons (Fsp3) is 0.100. The molecule has 0 saturated carbocycles. The number of nitrogens with zero attached hydrogens (tertiary/aromatic N) is 2. The van der Waals surface area contributed by atoms with Crippen LogP contribution in [0, 0.1) is 5.82 Å². The zero-order chi connectivity index (χ0) is 10.1. The summed E-state index contributed by atoms with van der Waals surface area (Å²) in [6.07, 6.45) is 3.48. The van der Waals surface area contributed by atoms with Crippen LogP contribution in [0.2, 0.25) is 0 Å². The monoisotopic (exact) mass is 186 g/mol. The highest BCUT2D eigenvalue weighted by molar-refractivity contribution is 6.32. The molecule has 2 radical (unpaired) electrons. The van der Waals surface area contributed by atoms with E-state index in [1.54, 1.807) is 18.3 Å². The van der Waals surface area contributed by atoms with Crippen molar-refractivity contribution in [3.63, 3.8) is 0 Å². The van der Waals surface area contributed by atoms with Gasteiger partial charge in [0.2, 0.25) is 0 Å². The zero-order valence-electron chi connectivity index (χ0n) is 7.74. The average molecular weight is 186 g/mol.